The molecule has 1 unspecified atom stereocenters. The van der Waals surface area contributed by atoms with Gasteiger partial charge in [0.15, 0.2) is 5.82 Å². The van der Waals surface area contributed by atoms with Crippen LogP contribution in [0.3, 0.4) is 0 Å². The molecule has 1 aliphatic carbocycles. The van der Waals surface area contributed by atoms with Crippen molar-refractivity contribution in [3.63, 3.8) is 0 Å². The fourth-order valence-electron chi connectivity index (χ4n) is 3.96. The van der Waals surface area contributed by atoms with Crippen molar-refractivity contribution in [2.75, 3.05) is 0 Å². The number of imide groups is 1. The van der Waals surface area contributed by atoms with E-state index in [1.54, 1.807) is 6.07 Å². The van der Waals surface area contributed by atoms with Crippen LogP contribution in [0.25, 0.3) is 0 Å². The minimum absolute atomic E-state index is 0.0143. The maximum atomic E-state index is 13.0. The Labute approximate surface area is 191 Å². The third-order valence-electron chi connectivity index (χ3n) is 6.04. The van der Waals surface area contributed by atoms with E-state index >= 15 is 0 Å². The minimum Gasteiger partial charge on any atom is -0.340 e. The lowest BCUT2D eigenvalue weighted by atomic mass is 10.0. The Balaban J connectivity index is 1.35. The fraction of sp³-hybridized carbons (Fsp3) is 0.320. The quantitative estimate of drug-likeness (QED) is 0.555. The van der Waals surface area contributed by atoms with Crippen LogP contribution in [0.15, 0.2) is 53.1 Å². The second-order valence-corrected chi connectivity index (χ2v) is 8.90. The third kappa shape index (κ3) is 4.04. The van der Waals surface area contributed by atoms with Crippen LogP contribution in [0.5, 0.6) is 0 Å². The first-order valence-corrected chi connectivity index (χ1v) is 11.1. The molecular weight excluding hydrogens is 420 g/mol. The zero-order chi connectivity index (χ0) is 23.1. The van der Waals surface area contributed by atoms with E-state index < -0.39 is 11.9 Å². The van der Waals surface area contributed by atoms with Crippen molar-refractivity contribution in [2.24, 2.45) is 5.92 Å². The molecule has 0 bridgehead atoms. The van der Waals surface area contributed by atoms with Gasteiger partial charge in [-0.3, -0.25) is 19.3 Å². The van der Waals surface area contributed by atoms with Gasteiger partial charge >= 0.3 is 0 Å². The zero-order valence-corrected chi connectivity index (χ0v) is 18.4. The summed E-state index contributed by atoms with van der Waals surface area (Å²) < 4.78 is 5.42. The molecule has 0 saturated heterocycles. The van der Waals surface area contributed by atoms with Gasteiger partial charge in [0.2, 0.25) is 5.89 Å². The van der Waals surface area contributed by atoms with Crippen LogP contribution in [0.2, 0.25) is 0 Å². The average molecular weight is 444 g/mol. The lowest BCUT2D eigenvalue weighted by molar-refractivity contribution is 0.0642. The number of hydrogen-bond acceptors (Lipinski definition) is 6. The molecule has 0 radical (unpaired) electrons. The van der Waals surface area contributed by atoms with Gasteiger partial charge in [-0.05, 0) is 42.5 Å². The molecule has 3 amide bonds. The molecule has 8 heteroatoms. The van der Waals surface area contributed by atoms with E-state index in [0.29, 0.717) is 28.8 Å². The summed E-state index contributed by atoms with van der Waals surface area (Å²) in [6.45, 7) is 4.10. The minimum atomic E-state index is -0.460. The summed E-state index contributed by atoms with van der Waals surface area (Å²) in [6, 6.07) is 13.4. The molecule has 0 spiro atoms. The number of hydrogen-bond donors (Lipinski definition) is 1. The van der Waals surface area contributed by atoms with Gasteiger partial charge in [-0.2, -0.15) is 4.98 Å². The third-order valence-corrected chi connectivity index (χ3v) is 6.04. The van der Waals surface area contributed by atoms with Crippen molar-refractivity contribution in [1.82, 2.24) is 20.4 Å². The van der Waals surface area contributed by atoms with Gasteiger partial charge in [0.1, 0.15) is 6.04 Å². The lowest BCUT2D eigenvalue weighted by Crippen LogP contribution is -2.32. The molecule has 1 atom stereocenters. The van der Waals surface area contributed by atoms with Gasteiger partial charge in [-0.15, -0.1) is 0 Å². The molecule has 168 valence electrons. The number of nitrogens with one attached hydrogen (secondary N) is 1. The molecule has 1 saturated carbocycles. The van der Waals surface area contributed by atoms with E-state index in [0.717, 1.165) is 18.4 Å². The Morgan fingerprint density at radius 2 is 1.82 bits per heavy atom. The van der Waals surface area contributed by atoms with E-state index in [1.807, 2.05) is 44.2 Å². The number of nitrogens with zero attached hydrogens (tertiary/aromatic N) is 3. The van der Waals surface area contributed by atoms with E-state index in [9.17, 15) is 14.4 Å². The summed E-state index contributed by atoms with van der Waals surface area (Å²) in [5, 5.41) is 6.99. The smallest absolute Gasteiger partial charge is 0.261 e. The predicted molar refractivity (Wildman–Crippen MR) is 118 cm³/mol. The summed E-state index contributed by atoms with van der Waals surface area (Å²) in [4.78, 5) is 44.4. The molecule has 2 heterocycles. The normalized spacial score (nSPS) is 16.3. The van der Waals surface area contributed by atoms with E-state index in [-0.39, 0.29) is 29.8 Å². The number of benzene rings is 2. The molecule has 5 rings (SSSR count). The number of carbonyl (C=O) groups is 3. The van der Waals surface area contributed by atoms with Gasteiger partial charge < -0.3 is 9.84 Å². The molecule has 1 fully saturated rings. The highest BCUT2D eigenvalue weighted by molar-refractivity contribution is 6.22. The molecule has 2 aliphatic rings. The molecule has 3 aromatic rings. The van der Waals surface area contributed by atoms with Crippen LogP contribution >= 0.6 is 0 Å². The second kappa shape index (κ2) is 8.27. The van der Waals surface area contributed by atoms with Gasteiger partial charge in [0.05, 0.1) is 17.7 Å². The van der Waals surface area contributed by atoms with Crippen molar-refractivity contribution in [2.45, 2.75) is 45.2 Å². The SMILES string of the molecule is CC(C)C(NC(=O)c1ccc2c(c1)C(=O)N(Cc1ccccc1)C2=O)c1nc(C2CC2)no1. The van der Waals surface area contributed by atoms with Crippen LogP contribution in [-0.4, -0.2) is 32.8 Å². The molecule has 1 aliphatic heterocycles. The van der Waals surface area contributed by atoms with Crippen LogP contribution < -0.4 is 5.32 Å². The fourth-order valence-corrected chi connectivity index (χ4v) is 3.96. The van der Waals surface area contributed by atoms with E-state index in [4.69, 9.17) is 4.52 Å². The Bertz CT molecular complexity index is 1230. The first-order valence-electron chi connectivity index (χ1n) is 11.1. The zero-order valence-electron chi connectivity index (χ0n) is 18.4. The lowest BCUT2D eigenvalue weighted by Gasteiger charge is -2.18. The molecular formula is C25H24N4O4. The molecule has 1 aromatic heterocycles. The largest absolute Gasteiger partial charge is 0.340 e. The Kier molecular flexibility index (Phi) is 5.28. The van der Waals surface area contributed by atoms with Gasteiger partial charge in [-0.1, -0.05) is 49.3 Å². The highest BCUT2D eigenvalue weighted by atomic mass is 16.5. The van der Waals surface area contributed by atoms with Crippen LogP contribution in [0.1, 0.15) is 87.0 Å². The Hall–Kier alpha value is -3.81. The first kappa shape index (κ1) is 21.1. The first-order chi connectivity index (χ1) is 15.9. The average Bonchev–Trinajstić information content (AvgIpc) is 3.51. The number of carbonyl (C=O) groups excluding carboxylic acids is 3. The monoisotopic (exact) mass is 444 g/mol. The highest BCUT2D eigenvalue weighted by Crippen LogP contribution is 2.38. The van der Waals surface area contributed by atoms with Crippen molar-refractivity contribution >= 4 is 17.7 Å². The van der Waals surface area contributed by atoms with Crippen molar-refractivity contribution in [3.05, 3.63) is 82.5 Å². The van der Waals surface area contributed by atoms with Crippen molar-refractivity contribution < 1.29 is 18.9 Å². The topological polar surface area (TPSA) is 105 Å². The molecule has 1 N–H and O–H groups in total. The summed E-state index contributed by atoms with van der Waals surface area (Å²) in [7, 11) is 0. The van der Waals surface area contributed by atoms with Gasteiger partial charge in [0, 0.05) is 11.5 Å². The van der Waals surface area contributed by atoms with Gasteiger partial charge in [-0.25, -0.2) is 0 Å². The number of amides is 3. The summed E-state index contributed by atoms with van der Waals surface area (Å²) >= 11 is 0. The standard InChI is InChI=1S/C25H24N4O4/c1-14(2)20(23-27-21(28-33-23)16-8-9-16)26-22(30)17-10-11-18-19(12-17)25(32)29(24(18)31)13-15-6-4-3-5-7-15/h3-7,10-12,14,16,20H,8-9,13H2,1-2H3,(H,26,30). The maximum Gasteiger partial charge on any atom is 0.261 e. The summed E-state index contributed by atoms with van der Waals surface area (Å²) in [5.41, 5.74) is 1.69. The Morgan fingerprint density at radius 1 is 1.09 bits per heavy atom. The maximum absolute atomic E-state index is 13.0. The van der Waals surface area contributed by atoms with E-state index in [2.05, 4.69) is 15.5 Å². The second-order valence-electron chi connectivity index (χ2n) is 8.90. The van der Waals surface area contributed by atoms with Gasteiger partial charge in [0.25, 0.3) is 17.7 Å². The van der Waals surface area contributed by atoms with Crippen molar-refractivity contribution in [3.8, 4) is 0 Å². The summed E-state index contributed by atoms with van der Waals surface area (Å²) in [5.74, 6) is 0.297. The number of fused-ring (bicyclic) bond motifs is 1. The number of rotatable bonds is 7. The van der Waals surface area contributed by atoms with Crippen LogP contribution in [-0.2, 0) is 6.54 Å². The van der Waals surface area contributed by atoms with E-state index in [1.165, 1.54) is 17.0 Å². The van der Waals surface area contributed by atoms with Crippen molar-refractivity contribution in [1.29, 1.82) is 0 Å². The predicted octanol–water partition coefficient (Wildman–Crippen LogP) is 3.87. The van der Waals surface area contributed by atoms with Crippen LogP contribution in [0.4, 0.5) is 0 Å². The molecule has 2 aromatic carbocycles. The molecule has 33 heavy (non-hydrogen) atoms. The van der Waals surface area contributed by atoms with Crippen LogP contribution in [0, 0.1) is 5.92 Å². The number of aromatic nitrogens is 2. The highest BCUT2D eigenvalue weighted by Gasteiger charge is 2.36. The summed E-state index contributed by atoms with van der Waals surface area (Å²) in [6.07, 6.45) is 2.11. The Morgan fingerprint density at radius 3 is 2.52 bits per heavy atom. The molecule has 8 nitrogen and oxygen atoms in total.